The summed E-state index contributed by atoms with van der Waals surface area (Å²) in [7, 11) is 0. The smallest absolute Gasteiger partial charge is 0.159 e. The number of allylic oxidation sites excluding steroid dienone is 4. The molecule has 0 saturated heterocycles. The van der Waals surface area contributed by atoms with Crippen molar-refractivity contribution in [3.05, 3.63) is 199 Å². The largest absolute Gasteiger partial charge is 0.454 e. The van der Waals surface area contributed by atoms with Crippen LogP contribution in [0.4, 0.5) is 28.4 Å². The fourth-order valence-electron chi connectivity index (χ4n) is 12.6. The van der Waals surface area contributed by atoms with Crippen molar-refractivity contribution < 1.29 is 8.83 Å². The third kappa shape index (κ3) is 6.94. The van der Waals surface area contributed by atoms with Gasteiger partial charge in [-0.1, -0.05) is 173 Å². The van der Waals surface area contributed by atoms with Crippen LogP contribution in [0, 0.1) is 6.92 Å². The van der Waals surface area contributed by atoms with Gasteiger partial charge in [0.15, 0.2) is 11.2 Å². The van der Waals surface area contributed by atoms with Gasteiger partial charge in [0, 0.05) is 43.7 Å². The van der Waals surface area contributed by atoms with E-state index in [1.165, 1.54) is 119 Å². The maximum absolute atomic E-state index is 7.20. The second kappa shape index (κ2) is 17.4. The molecule has 0 bridgehead atoms. The second-order valence-corrected chi connectivity index (χ2v) is 20.1. The lowest BCUT2D eigenvalue weighted by Crippen LogP contribution is -2.15. The van der Waals surface area contributed by atoms with Gasteiger partial charge in [-0.3, -0.25) is 0 Å². The lowest BCUT2D eigenvalue weighted by atomic mass is 9.83. The SMILES string of the molecule is C=C(/C=C\C=C\C)N(c1ccc2ccc3c(N(c4cccc(C)c4)c4cccc5c4oc4c(C6CCCCC6)cccc45)ccc4ccc1c2c43)c1cccc2c1oc1c(C3CCCCC3)cccc12. The zero-order valence-electron chi connectivity index (χ0n) is 40.3. The number of fused-ring (bicyclic) bond motifs is 6. The first-order chi connectivity index (χ1) is 34.5. The summed E-state index contributed by atoms with van der Waals surface area (Å²) >= 11 is 0. The highest BCUT2D eigenvalue weighted by molar-refractivity contribution is 6.28. The molecule has 0 atom stereocenters. The number of nitrogens with zero attached hydrogens (tertiary/aromatic N) is 2. The van der Waals surface area contributed by atoms with Crippen molar-refractivity contribution in [3.63, 3.8) is 0 Å². The Bertz CT molecular complexity index is 3870. The van der Waals surface area contributed by atoms with E-state index in [0.717, 1.165) is 72.6 Å². The minimum Gasteiger partial charge on any atom is -0.454 e. The van der Waals surface area contributed by atoms with Crippen molar-refractivity contribution >= 4 is 105 Å². The lowest BCUT2D eigenvalue weighted by Gasteiger charge is -2.29. The van der Waals surface area contributed by atoms with Crippen LogP contribution in [0.5, 0.6) is 0 Å². The molecule has 0 N–H and O–H groups in total. The molecule has 11 aromatic rings. The van der Waals surface area contributed by atoms with Crippen LogP contribution in [0.25, 0.3) is 76.2 Å². The van der Waals surface area contributed by atoms with Gasteiger partial charge < -0.3 is 18.6 Å². The van der Waals surface area contributed by atoms with Crippen LogP contribution in [0.3, 0.4) is 0 Å². The Hall–Kier alpha value is -7.56. The number of aryl methyl sites for hydroxylation is 1. The van der Waals surface area contributed by atoms with Gasteiger partial charge in [-0.25, -0.2) is 0 Å². The van der Waals surface area contributed by atoms with Crippen LogP contribution >= 0.6 is 0 Å². The molecular weight excluding hydrogens is 853 g/mol. The van der Waals surface area contributed by atoms with Crippen LogP contribution in [-0.4, -0.2) is 0 Å². The summed E-state index contributed by atoms with van der Waals surface area (Å²) in [6.45, 7) is 9.00. The van der Waals surface area contributed by atoms with Gasteiger partial charge in [0.25, 0.3) is 0 Å². The number of hydrogen-bond donors (Lipinski definition) is 0. The summed E-state index contributed by atoms with van der Waals surface area (Å²) in [4.78, 5) is 4.76. The van der Waals surface area contributed by atoms with Gasteiger partial charge in [-0.2, -0.15) is 0 Å². The van der Waals surface area contributed by atoms with E-state index in [0.29, 0.717) is 11.8 Å². The molecular formula is C66H58N2O2. The number of rotatable bonds is 10. The summed E-state index contributed by atoms with van der Waals surface area (Å²) in [6.07, 6.45) is 20.9. The van der Waals surface area contributed by atoms with Gasteiger partial charge in [0.1, 0.15) is 11.2 Å². The molecule has 2 saturated carbocycles. The lowest BCUT2D eigenvalue weighted by molar-refractivity contribution is 0.442. The number of hydrogen-bond acceptors (Lipinski definition) is 4. The van der Waals surface area contributed by atoms with E-state index >= 15 is 0 Å². The zero-order valence-corrected chi connectivity index (χ0v) is 40.3. The first kappa shape index (κ1) is 42.5. The quantitative estimate of drug-likeness (QED) is 0.101. The van der Waals surface area contributed by atoms with E-state index in [2.05, 4.69) is 187 Å². The van der Waals surface area contributed by atoms with Crippen molar-refractivity contribution in [2.45, 2.75) is 89.9 Å². The molecule has 2 aromatic heterocycles. The van der Waals surface area contributed by atoms with Crippen molar-refractivity contribution in [2.75, 3.05) is 9.80 Å². The molecule has 4 heteroatoms. The third-order valence-electron chi connectivity index (χ3n) is 15.9. The summed E-state index contributed by atoms with van der Waals surface area (Å²) < 4.78 is 14.4. The Kier molecular flexibility index (Phi) is 10.6. The normalized spacial score (nSPS) is 15.4. The Morgan fingerprint density at radius 2 is 0.986 bits per heavy atom. The predicted molar refractivity (Wildman–Crippen MR) is 297 cm³/mol. The summed E-state index contributed by atoms with van der Waals surface area (Å²) in [6, 6.07) is 54.2. The van der Waals surface area contributed by atoms with E-state index in [1.807, 2.05) is 6.92 Å². The topological polar surface area (TPSA) is 32.8 Å². The first-order valence-corrected chi connectivity index (χ1v) is 25.8. The van der Waals surface area contributed by atoms with Gasteiger partial charge in [-0.05, 0) is 132 Å². The molecule has 2 heterocycles. The van der Waals surface area contributed by atoms with Gasteiger partial charge in [0.05, 0.1) is 22.7 Å². The number of anilines is 5. The fraction of sp³-hybridized carbons (Fsp3) is 0.212. The maximum atomic E-state index is 7.20. The highest BCUT2D eigenvalue weighted by Crippen LogP contribution is 2.51. The van der Waals surface area contributed by atoms with Crippen LogP contribution in [-0.2, 0) is 0 Å². The van der Waals surface area contributed by atoms with Crippen LogP contribution in [0.15, 0.2) is 191 Å². The Balaban J connectivity index is 1.02. The molecule has 9 aromatic carbocycles. The molecule has 4 nitrogen and oxygen atoms in total. The molecule has 2 fully saturated rings. The van der Waals surface area contributed by atoms with Gasteiger partial charge >= 0.3 is 0 Å². The Morgan fingerprint density at radius 1 is 0.486 bits per heavy atom. The van der Waals surface area contributed by atoms with E-state index in [-0.39, 0.29) is 0 Å². The van der Waals surface area contributed by atoms with Crippen LogP contribution in [0.2, 0.25) is 0 Å². The summed E-state index contributed by atoms with van der Waals surface area (Å²) in [5, 5.41) is 11.8. The van der Waals surface area contributed by atoms with Crippen LogP contribution < -0.4 is 9.80 Å². The van der Waals surface area contributed by atoms with Crippen molar-refractivity contribution in [3.8, 4) is 0 Å². The second-order valence-electron chi connectivity index (χ2n) is 20.1. The summed E-state index contributed by atoms with van der Waals surface area (Å²) in [5.74, 6) is 1.05. The van der Waals surface area contributed by atoms with Gasteiger partial charge in [-0.15, -0.1) is 0 Å². The molecule has 0 amide bonds. The van der Waals surface area contributed by atoms with Crippen molar-refractivity contribution in [2.24, 2.45) is 0 Å². The van der Waals surface area contributed by atoms with Crippen molar-refractivity contribution in [1.29, 1.82) is 0 Å². The van der Waals surface area contributed by atoms with E-state index < -0.39 is 0 Å². The molecule has 0 unspecified atom stereocenters. The standard InChI is InChI=1S/C66H58N2O2/c1-4-5-8-19-43(3)67(59-31-16-29-53-51-27-14-25-49(63(51)69-65(53)59)44-20-9-6-10-21-44)57-39-35-46-34-38-56-58(40-36-47-33-37-55(57)61(46)62(47)56)68(48-24-13-18-42(2)41-48)60-32-17-30-54-52-28-15-26-50(64(52)70-66(54)60)45-22-11-7-12-23-45/h4-5,8,13-19,24-41,44-45H,3,6-7,9-12,20-23H2,1-2H3/b5-4+,19-8-. The maximum Gasteiger partial charge on any atom is 0.159 e. The number of benzene rings is 9. The molecule has 0 aliphatic heterocycles. The predicted octanol–water partition coefficient (Wildman–Crippen LogP) is 20.0. The third-order valence-corrected chi connectivity index (χ3v) is 15.9. The average molecular weight is 911 g/mol. The molecule has 2 aliphatic rings. The molecule has 344 valence electrons. The fourth-order valence-corrected chi connectivity index (χ4v) is 12.6. The molecule has 70 heavy (non-hydrogen) atoms. The highest BCUT2D eigenvalue weighted by atomic mass is 16.3. The van der Waals surface area contributed by atoms with Crippen LogP contribution in [0.1, 0.15) is 99.7 Å². The van der Waals surface area contributed by atoms with E-state index in [9.17, 15) is 0 Å². The monoisotopic (exact) mass is 910 g/mol. The highest BCUT2D eigenvalue weighted by Gasteiger charge is 2.28. The first-order valence-electron chi connectivity index (χ1n) is 25.8. The Morgan fingerprint density at radius 3 is 1.57 bits per heavy atom. The molecule has 2 aliphatic carbocycles. The minimum absolute atomic E-state index is 0.520. The molecule has 0 spiro atoms. The van der Waals surface area contributed by atoms with E-state index in [1.54, 1.807) is 0 Å². The van der Waals surface area contributed by atoms with Crippen molar-refractivity contribution in [1.82, 2.24) is 0 Å². The molecule has 0 radical (unpaired) electrons. The minimum atomic E-state index is 0.520. The number of para-hydroxylation sites is 4. The zero-order chi connectivity index (χ0) is 46.9. The summed E-state index contributed by atoms with van der Waals surface area (Å²) in [5.41, 5.74) is 13.9. The Labute approximate surface area is 410 Å². The molecule has 13 rings (SSSR count). The average Bonchev–Trinajstić information content (AvgIpc) is 3.99. The van der Waals surface area contributed by atoms with E-state index in [4.69, 9.17) is 15.4 Å². The van der Waals surface area contributed by atoms with Gasteiger partial charge in [0.2, 0.25) is 0 Å². The number of furan rings is 2.